The molecule has 1 aliphatic rings. The van der Waals surface area contributed by atoms with E-state index in [4.69, 9.17) is 5.73 Å². The second-order valence-electron chi connectivity index (χ2n) is 2.66. The summed E-state index contributed by atoms with van der Waals surface area (Å²) >= 11 is 0.112. The quantitative estimate of drug-likeness (QED) is 0.731. The lowest BCUT2D eigenvalue weighted by Crippen LogP contribution is -2.30. The molecule has 0 saturated carbocycles. The first-order valence-electron chi connectivity index (χ1n) is 3.85. The van der Waals surface area contributed by atoms with Crippen LogP contribution in [0.4, 0.5) is 0 Å². The van der Waals surface area contributed by atoms with Gasteiger partial charge in [0, 0.05) is 6.54 Å². The van der Waals surface area contributed by atoms with Crippen LogP contribution < -0.4 is 16.2 Å². The summed E-state index contributed by atoms with van der Waals surface area (Å²) in [5.41, 5.74) is 6.97. The molecule has 1 aromatic rings. The Kier molecular flexibility index (Phi) is 2.37. The molecule has 2 rings (SSSR count). The highest BCUT2D eigenvalue weighted by atomic mass is 127. The molecule has 1 aromatic carbocycles. The Hall–Kier alpha value is -0.480. The predicted molar refractivity (Wildman–Crippen MR) is 62.7 cm³/mol. The molecule has 1 heterocycles. The van der Waals surface area contributed by atoms with Gasteiger partial charge < -0.3 is 5.73 Å². The van der Waals surface area contributed by atoms with Gasteiger partial charge in [0.05, 0.1) is 0 Å². The summed E-state index contributed by atoms with van der Waals surface area (Å²) in [6.07, 6.45) is 0. The van der Waals surface area contributed by atoms with E-state index < -0.39 is 0 Å². The van der Waals surface area contributed by atoms with Gasteiger partial charge in [0.15, 0.2) is 0 Å². The number of rotatable bonds is 1. The van der Waals surface area contributed by atoms with E-state index >= 15 is 0 Å². The van der Waals surface area contributed by atoms with Gasteiger partial charge in [-0.25, -0.2) is 0 Å². The summed E-state index contributed by atoms with van der Waals surface area (Å²) in [6, 6.07) is 8.46. The summed E-state index contributed by atoms with van der Waals surface area (Å²) in [7, 11) is 0. The van der Waals surface area contributed by atoms with Crippen molar-refractivity contribution >= 4 is 34.4 Å². The lowest BCUT2D eigenvalue weighted by atomic mass is 10.1. The minimum Gasteiger partial charge on any atom is -0.326 e. The first kappa shape index (κ1) is 8.13. The van der Waals surface area contributed by atoms with Crippen LogP contribution in [0.25, 0.3) is 9.66 Å². The van der Waals surface area contributed by atoms with Gasteiger partial charge in [0.1, 0.15) is 0 Å². The SMILES string of the molecule is NCC1=c2ccccc2=CI=C1. The average Bonchev–Trinajstić information content (AvgIpc) is 2.17. The standard InChI is InChI=1S/C10H10IN/c12-7-9-6-11-5-8-3-1-2-4-10(8)9/h1-6H,7,12H2. The molecule has 12 heavy (non-hydrogen) atoms. The Balaban J connectivity index is 2.85. The number of hydrogen-bond acceptors (Lipinski definition) is 1. The number of halogens is 1. The van der Waals surface area contributed by atoms with Gasteiger partial charge in [-0.15, -0.1) is 0 Å². The molecule has 0 radical (unpaired) electrons. The molecule has 0 atom stereocenters. The summed E-state index contributed by atoms with van der Waals surface area (Å²) < 4.78 is 4.65. The van der Waals surface area contributed by atoms with Crippen molar-refractivity contribution < 1.29 is 0 Å². The molecule has 0 aliphatic carbocycles. The molecule has 0 fully saturated rings. The van der Waals surface area contributed by atoms with Gasteiger partial charge in [-0.3, -0.25) is 0 Å². The second kappa shape index (κ2) is 3.49. The summed E-state index contributed by atoms with van der Waals surface area (Å²) in [5, 5.41) is 2.69. The summed E-state index contributed by atoms with van der Waals surface area (Å²) in [6.45, 7) is 0.671. The fraction of sp³-hybridized carbons (Fsp3) is 0.100. The Labute approximate surface area is 81.3 Å². The smallest absolute Gasteiger partial charge is 0.0188 e. The van der Waals surface area contributed by atoms with Gasteiger partial charge in [-0.05, 0) is 24.1 Å². The van der Waals surface area contributed by atoms with Crippen molar-refractivity contribution in [2.24, 2.45) is 5.73 Å². The van der Waals surface area contributed by atoms with Crippen molar-refractivity contribution in [1.29, 1.82) is 0 Å². The van der Waals surface area contributed by atoms with Crippen LogP contribution in [0.5, 0.6) is 0 Å². The topological polar surface area (TPSA) is 26.0 Å². The number of fused-ring (bicyclic) bond motifs is 1. The van der Waals surface area contributed by atoms with Crippen LogP contribution in [-0.4, -0.2) is 10.6 Å². The summed E-state index contributed by atoms with van der Waals surface area (Å²) in [5.74, 6) is 0. The zero-order chi connectivity index (χ0) is 8.39. The molecule has 2 heteroatoms. The van der Waals surface area contributed by atoms with Crippen LogP contribution in [0.2, 0.25) is 0 Å². The Morgan fingerprint density at radius 2 is 2.08 bits per heavy atom. The third-order valence-electron chi connectivity index (χ3n) is 1.90. The molecular formula is C10H10IN. The maximum atomic E-state index is 5.65. The molecule has 0 unspecified atom stereocenters. The molecule has 0 aromatic heterocycles. The Bertz CT molecular complexity index is 431. The lowest BCUT2D eigenvalue weighted by molar-refractivity contribution is 1.28. The zero-order valence-corrected chi connectivity index (χ0v) is 8.78. The predicted octanol–water partition coefficient (Wildman–Crippen LogP) is 0.320. The first-order valence-corrected chi connectivity index (χ1v) is 6.34. The number of nitrogens with two attached hydrogens (primary N) is 1. The molecular weight excluding hydrogens is 261 g/mol. The van der Waals surface area contributed by atoms with Crippen molar-refractivity contribution in [2.75, 3.05) is 6.54 Å². The van der Waals surface area contributed by atoms with E-state index in [2.05, 4.69) is 32.4 Å². The van der Waals surface area contributed by atoms with Crippen molar-refractivity contribution in [3.8, 4) is 0 Å². The Morgan fingerprint density at radius 3 is 2.92 bits per heavy atom. The van der Waals surface area contributed by atoms with Gasteiger partial charge in [-0.2, -0.15) is 0 Å². The van der Waals surface area contributed by atoms with E-state index in [1.165, 1.54) is 16.0 Å². The highest BCUT2D eigenvalue weighted by molar-refractivity contribution is 14.2. The number of benzene rings is 1. The number of hydrogen-bond donors (Lipinski definition) is 1. The van der Waals surface area contributed by atoms with Crippen molar-refractivity contribution in [3.63, 3.8) is 0 Å². The molecule has 2 N–H and O–H groups in total. The third-order valence-corrected chi connectivity index (χ3v) is 4.04. The summed E-state index contributed by atoms with van der Waals surface area (Å²) in [4.78, 5) is 0. The highest BCUT2D eigenvalue weighted by Gasteiger charge is 1.95. The normalized spacial score (nSPS) is 14.6. The maximum Gasteiger partial charge on any atom is 0.0188 e. The molecule has 62 valence electrons. The zero-order valence-electron chi connectivity index (χ0n) is 6.63. The van der Waals surface area contributed by atoms with E-state index in [-0.39, 0.29) is 20.7 Å². The lowest BCUT2D eigenvalue weighted by Gasteiger charge is -2.01. The monoisotopic (exact) mass is 271 g/mol. The van der Waals surface area contributed by atoms with E-state index in [0.29, 0.717) is 6.54 Å². The van der Waals surface area contributed by atoms with Crippen molar-refractivity contribution in [1.82, 2.24) is 0 Å². The second-order valence-corrected chi connectivity index (χ2v) is 4.63. The largest absolute Gasteiger partial charge is 0.326 e. The minimum atomic E-state index is 0.112. The van der Waals surface area contributed by atoms with Crippen LogP contribution in [-0.2, 0) is 0 Å². The van der Waals surface area contributed by atoms with Gasteiger partial charge in [0.2, 0.25) is 0 Å². The molecule has 0 saturated heterocycles. The fourth-order valence-corrected chi connectivity index (χ4v) is 3.41. The fourth-order valence-electron chi connectivity index (χ4n) is 1.27. The van der Waals surface area contributed by atoms with Gasteiger partial charge in [-0.1, -0.05) is 45.0 Å². The van der Waals surface area contributed by atoms with Crippen LogP contribution in [0, 0.1) is 0 Å². The van der Waals surface area contributed by atoms with Gasteiger partial charge in [0.25, 0.3) is 0 Å². The first-order chi connectivity index (χ1) is 5.92. The maximum absolute atomic E-state index is 5.65. The molecule has 0 amide bonds. The van der Waals surface area contributed by atoms with E-state index in [1.54, 1.807) is 0 Å². The van der Waals surface area contributed by atoms with Crippen molar-refractivity contribution in [3.05, 3.63) is 34.7 Å². The van der Waals surface area contributed by atoms with Crippen molar-refractivity contribution in [2.45, 2.75) is 0 Å². The molecule has 0 spiro atoms. The van der Waals surface area contributed by atoms with Crippen LogP contribution >= 0.6 is 20.7 Å². The third kappa shape index (κ3) is 1.36. The van der Waals surface area contributed by atoms with E-state index in [9.17, 15) is 0 Å². The molecule has 1 nitrogen and oxygen atoms in total. The molecule has 0 bridgehead atoms. The molecule has 1 aliphatic heterocycles. The van der Waals surface area contributed by atoms with Crippen LogP contribution in [0.15, 0.2) is 24.3 Å². The van der Waals surface area contributed by atoms with Crippen LogP contribution in [0.1, 0.15) is 0 Å². The minimum absolute atomic E-state index is 0.112. The van der Waals surface area contributed by atoms with E-state index in [1.807, 2.05) is 0 Å². The Morgan fingerprint density at radius 1 is 1.25 bits per heavy atom. The van der Waals surface area contributed by atoms with E-state index in [0.717, 1.165) is 0 Å². The highest BCUT2D eigenvalue weighted by Crippen LogP contribution is 2.02. The van der Waals surface area contributed by atoms with Gasteiger partial charge >= 0.3 is 0 Å². The van der Waals surface area contributed by atoms with Crippen LogP contribution in [0.3, 0.4) is 0 Å². The average molecular weight is 271 g/mol.